The van der Waals surface area contributed by atoms with Crippen LogP contribution in [0.1, 0.15) is 30.9 Å². The Morgan fingerprint density at radius 3 is 2.36 bits per heavy atom. The van der Waals surface area contributed by atoms with Gasteiger partial charge in [-0.3, -0.25) is 4.57 Å². The molecule has 0 aliphatic rings. The number of rotatable bonds is 5. The van der Waals surface area contributed by atoms with E-state index in [1.54, 1.807) is 0 Å². The summed E-state index contributed by atoms with van der Waals surface area (Å²) >= 11 is 0. The first-order chi connectivity index (χ1) is 12.1. The minimum Gasteiger partial charge on any atom is -0.489 e. The first-order valence-electron chi connectivity index (χ1n) is 8.25. The maximum atomic E-state index is 7.43. The average molecular weight is 331 g/mol. The van der Waals surface area contributed by atoms with Gasteiger partial charge in [0.15, 0.2) is 0 Å². The zero-order valence-electron chi connectivity index (χ0n) is 14.4. The maximum Gasteiger partial charge on any atom is 0.258 e. The zero-order chi connectivity index (χ0) is 17.8. The van der Waals surface area contributed by atoms with E-state index >= 15 is 0 Å². The largest absolute Gasteiger partial charge is 0.489 e. The van der Waals surface area contributed by atoms with E-state index in [9.17, 15) is 0 Å². The van der Waals surface area contributed by atoms with E-state index in [-0.39, 0.29) is 5.92 Å². The van der Waals surface area contributed by atoms with Crippen molar-refractivity contribution in [2.75, 3.05) is 5.73 Å². The van der Waals surface area contributed by atoms with Crippen LogP contribution in [-0.4, -0.2) is 4.57 Å². The number of hydrogen-bond donors (Lipinski definition) is 1. The third-order valence-electron chi connectivity index (χ3n) is 4.14. The van der Waals surface area contributed by atoms with Crippen LogP contribution in [0.2, 0.25) is 0 Å². The lowest BCUT2D eigenvalue weighted by Gasteiger charge is -2.07. The fourth-order valence-electron chi connectivity index (χ4n) is 2.74. The number of nitrogen functional groups attached to an aromatic ring is 1. The van der Waals surface area contributed by atoms with Gasteiger partial charge in [0.25, 0.3) is 5.82 Å². The Morgan fingerprint density at radius 1 is 1.08 bits per heavy atom. The van der Waals surface area contributed by atoms with Crippen LogP contribution >= 0.6 is 0 Å². The summed E-state index contributed by atoms with van der Waals surface area (Å²) in [5.41, 5.74) is 9.72. The van der Waals surface area contributed by atoms with Crippen molar-refractivity contribution in [3.63, 3.8) is 0 Å². The van der Waals surface area contributed by atoms with Crippen LogP contribution in [0.25, 0.3) is 10.5 Å². The van der Waals surface area contributed by atoms with Gasteiger partial charge in [0.05, 0.1) is 11.9 Å². The third-order valence-corrected chi connectivity index (χ3v) is 4.14. The summed E-state index contributed by atoms with van der Waals surface area (Å²) in [6.45, 7) is 12.1. The summed E-state index contributed by atoms with van der Waals surface area (Å²) in [5, 5.41) is 0. The van der Waals surface area contributed by atoms with E-state index in [0.717, 1.165) is 22.6 Å². The predicted molar refractivity (Wildman–Crippen MR) is 101 cm³/mol. The van der Waals surface area contributed by atoms with Crippen molar-refractivity contribution in [3.05, 3.63) is 83.3 Å². The van der Waals surface area contributed by atoms with Crippen LogP contribution in [0, 0.1) is 6.57 Å². The molecule has 126 valence electrons. The van der Waals surface area contributed by atoms with Gasteiger partial charge >= 0.3 is 0 Å². The van der Waals surface area contributed by atoms with E-state index in [1.807, 2.05) is 65.4 Å². The van der Waals surface area contributed by atoms with Crippen molar-refractivity contribution in [1.82, 2.24) is 4.57 Å². The van der Waals surface area contributed by atoms with Crippen molar-refractivity contribution in [2.24, 2.45) is 0 Å². The van der Waals surface area contributed by atoms with Gasteiger partial charge in [-0.2, -0.15) is 0 Å². The summed E-state index contributed by atoms with van der Waals surface area (Å²) in [4.78, 5) is 3.60. The molecule has 4 nitrogen and oxygen atoms in total. The number of aromatic nitrogens is 1. The second-order valence-corrected chi connectivity index (χ2v) is 6.23. The molecule has 25 heavy (non-hydrogen) atoms. The van der Waals surface area contributed by atoms with Crippen LogP contribution in [0.4, 0.5) is 11.5 Å². The standard InChI is InChI=1S/C21H21N3O/c1-15(2)19-13-24(21(23-3)20(19)22)17-9-11-18(12-10-17)25-14-16-7-5-4-6-8-16/h4-13,15H,14,22H2,1-2H3. The number of nitrogens with zero attached hydrogens (tertiary/aromatic N) is 2. The minimum absolute atomic E-state index is 0.273. The van der Waals surface area contributed by atoms with E-state index in [1.165, 1.54) is 0 Å². The summed E-state index contributed by atoms with van der Waals surface area (Å²) in [5.74, 6) is 1.53. The Hall–Kier alpha value is -3.19. The molecule has 0 saturated heterocycles. The van der Waals surface area contributed by atoms with Gasteiger partial charge in [-0.25, -0.2) is 0 Å². The number of hydrogen-bond acceptors (Lipinski definition) is 2. The molecule has 0 fully saturated rings. The monoisotopic (exact) mass is 331 g/mol. The molecule has 0 unspecified atom stereocenters. The maximum absolute atomic E-state index is 7.43. The minimum atomic E-state index is 0.273. The smallest absolute Gasteiger partial charge is 0.258 e. The fourth-order valence-corrected chi connectivity index (χ4v) is 2.74. The van der Waals surface area contributed by atoms with Gasteiger partial charge in [-0.15, -0.1) is 0 Å². The van der Waals surface area contributed by atoms with E-state index in [2.05, 4.69) is 18.7 Å². The van der Waals surface area contributed by atoms with Gasteiger partial charge in [0, 0.05) is 5.56 Å². The highest BCUT2D eigenvalue weighted by molar-refractivity contribution is 5.72. The first-order valence-corrected chi connectivity index (χ1v) is 8.25. The molecule has 0 saturated carbocycles. The molecule has 0 atom stereocenters. The Morgan fingerprint density at radius 2 is 1.76 bits per heavy atom. The zero-order valence-corrected chi connectivity index (χ0v) is 14.4. The summed E-state index contributed by atoms with van der Waals surface area (Å²) in [6, 6.07) is 17.8. The number of ether oxygens (including phenoxy) is 1. The average Bonchev–Trinajstić information content (AvgIpc) is 2.98. The van der Waals surface area contributed by atoms with Crippen molar-refractivity contribution in [1.29, 1.82) is 0 Å². The highest BCUT2D eigenvalue weighted by Crippen LogP contribution is 2.35. The number of anilines is 1. The lowest BCUT2D eigenvalue weighted by Crippen LogP contribution is -1.96. The van der Waals surface area contributed by atoms with Gasteiger partial charge in [-0.05, 0) is 35.7 Å². The van der Waals surface area contributed by atoms with Crippen LogP contribution in [-0.2, 0) is 6.61 Å². The molecule has 2 aromatic carbocycles. The van der Waals surface area contributed by atoms with Crippen molar-refractivity contribution in [2.45, 2.75) is 26.4 Å². The molecule has 1 heterocycles. The molecule has 0 bridgehead atoms. The fraction of sp³-hybridized carbons (Fsp3) is 0.190. The summed E-state index contributed by atoms with van der Waals surface area (Å²) in [7, 11) is 0. The van der Waals surface area contributed by atoms with Gasteiger partial charge in [0.1, 0.15) is 18.0 Å². The first kappa shape index (κ1) is 16.7. The molecule has 1 aromatic heterocycles. The van der Waals surface area contributed by atoms with Crippen LogP contribution in [0.3, 0.4) is 0 Å². The second-order valence-electron chi connectivity index (χ2n) is 6.23. The molecule has 0 amide bonds. The van der Waals surface area contributed by atoms with Crippen LogP contribution in [0.15, 0.2) is 60.8 Å². The summed E-state index contributed by atoms with van der Waals surface area (Å²) in [6.07, 6.45) is 1.95. The molecule has 2 N–H and O–H groups in total. The van der Waals surface area contributed by atoms with E-state index in [0.29, 0.717) is 18.1 Å². The topological polar surface area (TPSA) is 44.5 Å². The lowest BCUT2D eigenvalue weighted by molar-refractivity contribution is 0.306. The Bertz CT molecular complexity index is 887. The molecule has 0 spiro atoms. The molecular formula is C21H21N3O. The molecule has 4 heteroatoms. The van der Waals surface area contributed by atoms with Crippen LogP contribution < -0.4 is 10.5 Å². The van der Waals surface area contributed by atoms with Crippen molar-refractivity contribution >= 4 is 11.5 Å². The predicted octanol–water partition coefficient (Wildman–Crippen LogP) is 5.31. The van der Waals surface area contributed by atoms with Gasteiger partial charge in [-0.1, -0.05) is 50.8 Å². The van der Waals surface area contributed by atoms with Crippen molar-refractivity contribution < 1.29 is 4.74 Å². The quantitative estimate of drug-likeness (QED) is 0.644. The number of nitrogens with two attached hydrogens (primary N) is 1. The van der Waals surface area contributed by atoms with Crippen molar-refractivity contribution in [3.8, 4) is 11.4 Å². The van der Waals surface area contributed by atoms with Gasteiger partial charge in [0.2, 0.25) is 0 Å². The second kappa shape index (κ2) is 7.14. The molecular weight excluding hydrogens is 310 g/mol. The highest BCUT2D eigenvalue weighted by Gasteiger charge is 2.18. The normalized spacial score (nSPS) is 10.6. The molecule has 0 aliphatic heterocycles. The van der Waals surface area contributed by atoms with E-state index in [4.69, 9.17) is 17.0 Å². The number of benzene rings is 2. The Balaban J connectivity index is 1.81. The Labute approximate surface area is 148 Å². The SMILES string of the molecule is [C-]#[N+]c1c(N)c(C(C)C)cn1-c1ccc(OCc2ccccc2)cc1. The van der Waals surface area contributed by atoms with E-state index < -0.39 is 0 Å². The molecule has 3 rings (SSSR count). The molecule has 0 aliphatic carbocycles. The van der Waals surface area contributed by atoms with Gasteiger partial charge < -0.3 is 15.3 Å². The molecule has 0 radical (unpaired) electrons. The molecule has 3 aromatic rings. The highest BCUT2D eigenvalue weighted by atomic mass is 16.5. The Kier molecular flexibility index (Phi) is 4.76. The lowest BCUT2D eigenvalue weighted by atomic mass is 10.1. The summed E-state index contributed by atoms with van der Waals surface area (Å²) < 4.78 is 7.66. The van der Waals surface area contributed by atoms with Crippen LogP contribution in [0.5, 0.6) is 5.75 Å². The third kappa shape index (κ3) is 3.51.